The zero-order chi connectivity index (χ0) is 21.7. The zero-order valence-corrected chi connectivity index (χ0v) is 17.0. The number of carbonyl (C=O) groups is 3. The van der Waals surface area contributed by atoms with E-state index in [0.29, 0.717) is 5.69 Å². The van der Waals surface area contributed by atoms with Crippen LogP contribution in [0.25, 0.3) is 0 Å². The fourth-order valence-electron chi connectivity index (χ4n) is 3.76. The molecule has 0 aromatic heterocycles. The molecule has 0 unspecified atom stereocenters. The highest BCUT2D eigenvalue weighted by Crippen LogP contribution is 2.38. The van der Waals surface area contributed by atoms with Gasteiger partial charge in [-0.2, -0.15) is 0 Å². The van der Waals surface area contributed by atoms with Crippen LogP contribution in [-0.4, -0.2) is 23.3 Å². The minimum atomic E-state index is -1.62. The van der Waals surface area contributed by atoms with E-state index in [9.17, 15) is 14.4 Å². The Labute approximate surface area is 180 Å². The molecule has 1 heterocycles. The van der Waals surface area contributed by atoms with Crippen molar-refractivity contribution in [3.05, 3.63) is 102 Å². The van der Waals surface area contributed by atoms with Crippen LogP contribution in [0.1, 0.15) is 17.5 Å². The Balaban J connectivity index is 1.59. The summed E-state index contributed by atoms with van der Waals surface area (Å²) in [5, 5.41) is 5.69. The van der Waals surface area contributed by atoms with E-state index >= 15 is 0 Å². The van der Waals surface area contributed by atoms with Crippen molar-refractivity contribution in [3.8, 4) is 0 Å². The molecule has 156 valence electrons. The Morgan fingerprint density at radius 2 is 1.13 bits per heavy atom. The van der Waals surface area contributed by atoms with E-state index < -0.39 is 17.4 Å². The van der Waals surface area contributed by atoms with E-state index in [-0.39, 0.29) is 25.4 Å². The Morgan fingerprint density at radius 1 is 0.710 bits per heavy atom. The molecule has 0 aliphatic carbocycles. The fraction of sp³-hybridized carbons (Fsp3) is 0.160. The van der Waals surface area contributed by atoms with Crippen molar-refractivity contribution in [1.29, 1.82) is 0 Å². The predicted molar refractivity (Wildman–Crippen MR) is 118 cm³/mol. The van der Waals surface area contributed by atoms with Crippen LogP contribution in [-0.2, 0) is 27.5 Å². The van der Waals surface area contributed by atoms with E-state index in [1.807, 2.05) is 66.7 Å². The molecule has 3 aromatic carbocycles. The average molecular weight is 413 g/mol. The van der Waals surface area contributed by atoms with E-state index in [1.165, 1.54) is 4.90 Å². The lowest BCUT2D eigenvalue weighted by Gasteiger charge is -2.48. The first-order valence-corrected chi connectivity index (χ1v) is 10.1. The van der Waals surface area contributed by atoms with E-state index in [2.05, 4.69) is 10.6 Å². The van der Waals surface area contributed by atoms with Crippen LogP contribution < -0.4 is 15.5 Å². The summed E-state index contributed by atoms with van der Waals surface area (Å²) in [7, 11) is 0. The normalized spacial score (nSPS) is 14.5. The minimum Gasteiger partial charge on any atom is -0.349 e. The number of anilines is 1. The van der Waals surface area contributed by atoms with Crippen molar-refractivity contribution < 1.29 is 14.4 Å². The number of carbonyl (C=O) groups excluding carboxylic acids is 3. The van der Waals surface area contributed by atoms with Crippen molar-refractivity contribution in [2.75, 3.05) is 4.90 Å². The number of benzene rings is 3. The van der Waals surface area contributed by atoms with Crippen LogP contribution in [0.4, 0.5) is 5.69 Å². The van der Waals surface area contributed by atoms with Crippen LogP contribution in [0.2, 0.25) is 0 Å². The second-order valence-electron chi connectivity index (χ2n) is 7.44. The molecule has 3 aromatic rings. The molecule has 31 heavy (non-hydrogen) atoms. The molecule has 0 atom stereocenters. The molecule has 6 nitrogen and oxygen atoms in total. The largest absolute Gasteiger partial charge is 0.349 e. The molecule has 1 aliphatic heterocycles. The van der Waals surface area contributed by atoms with Gasteiger partial charge < -0.3 is 10.6 Å². The SMILES string of the molecule is O=C1CC(C(=O)NCc2ccccc2)(C(=O)NCc2ccccc2)N1c1ccccc1. The van der Waals surface area contributed by atoms with Gasteiger partial charge in [-0.25, -0.2) is 0 Å². The van der Waals surface area contributed by atoms with Gasteiger partial charge in [0.1, 0.15) is 0 Å². The standard InChI is InChI=1S/C25H23N3O3/c29-22-16-25(28(22)21-14-8-3-9-15-21,23(30)26-17-19-10-4-1-5-11-19)24(31)27-18-20-12-6-2-7-13-20/h1-15H,16-18H2,(H,26,30)(H,27,31). The third-order valence-corrected chi connectivity index (χ3v) is 5.40. The maximum absolute atomic E-state index is 13.3. The van der Waals surface area contributed by atoms with Crippen LogP contribution >= 0.6 is 0 Å². The highest BCUT2D eigenvalue weighted by atomic mass is 16.2. The Bertz CT molecular complexity index is 1010. The lowest BCUT2D eigenvalue weighted by atomic mass is 9.80. The van der Waals surface area contributed by atoms with Crippen molar-refractivity contribution >= 4 is 23.4 Å². The molecule has 1 aliphatic rings. The summed E-state index contributed by atoms with van der Waals surface area (Å²) in [6.07, 6.45) is -0.177. The van der Waals surface area contributed by atoms with Crippen LogP contribution in [0.15, 0.2) is 91.0 Å². The molecule has 0 radical (unpaired) electrons. The van der Waals surface area contributed by atoms with E-state index in [0.717, 1.165) is 11.1 Å². The van der Waals surface area contributed by atoms with Gasteiger partial charge in [0.05, 0.1) is 6.42 Å². The predicted octanol–water partition coefficient (Wildman–Crippen LogP) is 2.79. The van der Waals surface area contributed by atoms with Crippen molar-refractivity contribution in [2.45, 2.75) is 25.0 Å². The fourth-order valence-corrected chi connectivity index (χ4v) is 3.76. The topological polar surface area (TPSA) is 78.5 Å². The molecular formula is C25H23N3O3. The summed E-state index contributed by atoms with van der Waals surface area (Å²) in [4.78, 5) is 40.5. The molecule has 1 fully saturated rings. The average Bonchev–Trinajstić information content (AvgIpc) is 2.81. The first kappa shape index (κ1) is 20.3. The summed E-state index contributed by atoms with van der Waals surface area (Å²) in [5.41, 5.74) is 0.714. The molecule has 3 amide bonds. The number of hydrogen-bond acceptors (Lipinski definition) is 3. The number of rotatable bonds is 7. The molecule has 6 heteroatoms. The van der Waals surface area contributed by atoms with E-state index in [4.69, 9.17) is 0 Å². The Hall–Kier alpha value is -3.93. The minimum absolute atomic E-state index is 0.177. The molecule has 4 rings (SSSR count). The second-order valence-corrected chi connectivity index (χ2v) is 7.44. The first-order chi connectivity index (χ1) is 15.1. The second kappa shape index (κ2) is 8.83. The quantitative estimate of drug-likeness (QED) is 0.462. The van der Waals surface area contributed by atoms with Crippen LogP contribution in [0.3, 0.4) is 0 Å². The molecule has 1 saturated heterocycles. The van der Waals surface area contributed by atoms with Gasteiger partial charge in [-0.1, -0.05) is 78.9 Å². The van der Waals surface area contributed by atoms with Crippen LogP contribution in [0.5, 0.6) is 0 Å². The molecule has 0 spiro atoms. The van der Waals surface area contributed by atoms with Gasteiger partial charge >= 0.3 is 0 Å². The number of nitrogens with one attached hydrogen (secondary N) is 2. The maximum Gasteiger partial charge on any atom is 0.257 e. The third kappa shape index (κ3) is 4.05. The highest BCUT2D eigenvalue weighted by molar-refractivity contribution is 6.26. The third-order valence-electron chi connectivity index (χ3n) is 5.40. The van der Waals surface area contributed by atoms with Gasteiger partial charge in [0.15, 0.2) is 0 Å². The molecule has 0 saturated carbocycles. The monoisotopic (exact) mass is 413 g/mol. The summed E-state index contributed by atoms with van der Waals surface area (Å²) >= 11 is 0. The van der Waals surface area contributed by atoms with E-state index in [1.54, 1.807) is 24.3 Å². The van der Waals surface area contributed by atoms with Gasteiger partial charge in [0.25, 0.3) is 11.8 Å². The van der Waals surface area contributed by atoms with Crippen molar-refractivity contribution in [2.24, 2.45) is 0 Å². The van der Waals surface area contributed by atoms with Crippen LogP contribution in [0, 0.1) is 0 Å². The summed E-state index contributed by atoms with van der Waals surface area (Å²) < 4.78 is 0. The van der Waals surface area contributed by atoms with Gasteiger partial charge in [0, 0.05) is 18.8 Å². The first-order valence-electron chi connectivity index (χ1n) is 10.1. The summed E-state index contributed by atoms with van der Waals surface area (Å²) in [6.45, 7) is 0.536. The van der Waals surface area contributed by atoms with Gasteiger partial charge in [-0.15, -0.1) is 0 Å². The van der Waals surface area contributed by atoms with Gasteiger partial charge in [0.2, 0.25) is 11.4 Å². The Morgan fingerprint density at radius 3 is 1.55 bits per heavy atom. The number of β-lactam (4-membered cyclic amide) rings is 1. The highest BCUT2D eigenvalue weighted by Gasteiger charge is 2.62. The zero-order valence-electron chi connectivity index (χ0n) is 17.0. The number of para-hydroxylation sites is 1. The molecule has 0 bridgehead atoms. The smallest absolute Gasteiger partial charge is 0.257 e. The number of nitrogens with zero attached hydrogens (tertiary/aromatic N) is 1. The summed E-state index contributed by atoms with van der Waals surface area (Å²) in [5.74, 6) is -1.26. The summed E-state index contributed by atoms with van der Waals surface area (Å²) in [6, 6.07) is 27.7. The molecular weight excluding hydrogens is 390 g/mol. The lowest BCUT2D eigenvalue weighted by molar-refractivity contribution is -0.148. The van der Waals surface area contributed by atoms with Crippen molar-refractivity contribution in [1.82, 2.24) is 10.6 Å². The lowest BCUT2D eigenvalue weighted by Crippen LogP contribution is -2.76. The number of hydrogen-bond donors (Lipinski definition) is 2. The molecule has 2 N–H and O–H groups in total. The number of amides is 3. The van der Waals surface area contributed by atoms with Crippen molar-refractivity contribution in [3.63, 3.8) is 0 Å². The van der Waals surface area contributed by atoms with Gasteiger partial charge in [-0.3, -0.25) is 19.3 Å². The van der Waals surface area contributed by atoms with Gasteiger partial charge in [-0.05, 0) is 23.3 Å². The Kier molecular flexibility index (Phi) is 5.80. The maximum atomic E-state index is 13.3.